The fourth-order valence-corrected chi connectivity index (χ4v) is 2.44. The third-order valence-electron chi connectivity index (χ3n) is 3.67. The van der Waals surface area contributed by atoms with E-state index in [4.69, 9.17) is 0 Å². The number of carbonyl (C=O) groups is 2. The van der Waals surface area contributed by atoms with Gasteiger partial charge in [-0.1, -0.05) is 36.8 Å². The second-order valence-corrected chi connectivity index (χ2v) is 4.68. The van der Waals surface area contributed by atoms with Gasteiger partial charge in [-0.2, -0.15) is 0 Å². The number of rotatable bonds is 2. The molecule has 1 aromatic rings. The highest BCUT2D eigenvalue weighted by atomic mass is 16.2. The van der Waals surface area contributed by atoms with Crippen LogP contribution in [0.1, 0.15) is 37.3 Å². The van der Waals surface area contributed by atoms with E-state index in [-0.39, 0.29) is 11.8 Å². The summed E-state index contributed by atoms with van der Waals surface area (Å²) < 4.78 is 0. The molecule has 1 N–H and O–H groups in total. The molecule has 90 valence electrons. The van der Waals surface area contributed by atoms with Gasteiger partial charge in [0, 0.05) is 6.42 Å². The van der Waals surface area contributed by atoms with Gasteiger partial charge in [0.05, 0.1) is 5.41 Å². The van der Waals surface area contributed by atoms with Crippen LogP contribution in [-0.4, -0.2) is 11.8 Å². The van der Waals surface area contributed by atoms with Gasteiger partial charge >= 0.3 is 0 Å². The molecule has 0 aromatic heterocycles. The van der Waals surface area contributed by atoms with Crippen molar-refractivity contribution in [2.24, 2.45) is 0 Å². The van der Waals surface area contributed by atoms with Gasteiger partial charge in [0.15, 0.2) is 0 Å². The fourth-order valence-electron chi connectivity index (χ4n) is 2.44. The maximum atomic E-state index is 12.1. The van der Waals surface area contributed by atoms with Gasteiger partial charge in [-0.05, 0) is 25.3 Å². The van der Waals surface area contributed by atoms with Crippen molar-refractivity contribution in [1.29, 1.82) is 0 Å². The van der Waals surface area contributed by atoms with E-state index >= 15 is 0 Å². The first-order chi connectivity index (χ1) is 8.08. The molecule has 0 radical (unpaired) electrons. The molecule has 0 bridgehead atoms. The lowest BCUT2D eigenvalue weighted by Crippen LogP contribution is -2.51. The Kier molecular flexibility index (Phi) is 3.01. The van der Waals surface area contributed by atoms with Gasteiger partial charge in [-0.3, -0.25) is 14.9 Å². The lowest BCUT2D eigenvalue weighted by Gasteiger charge is -2.35. The molecule has 2 rings (SSSR count). The largest absolute Gasteiger partial charge is 0.296 e. The standard InChI is InChI=1S/C14H17NO2/c1-3-14(9-8-12(16)15-13(14)17)11-6-4-10(2)5-7-11/h4-7H,3,8-9H2,1-2H3,(H,15,16,17). The molecule has 2 amide bonds. The number of carbonyl (C=O) groups excluding carboxylic acids is 2. The van der Waals surface area contributed by atoms with E-state index in [0.29, 0.717) is 12.8 Å². The van der Waals surface area contributed by atoms with Crippen molar-refractivity contribution in [3.05, 3.63) is 35.4 Å². The predicted octanol–water partition coefficient (Wildman–Crippen LogP) is 2.08. The van der Waals surface area contributed by atoms with Crippen molar-refractivity contribution in [2.75, 3.05) is 0 Å². The van der Waals surface area contributed by atoms with E-state index in [1.54, 1.807) is 0 Å². The van der Waals surface area contributed by atoms with Crippen molar-refractivity contribution in [2.45, 2.75) is 38.5 Å². The Hall–Kier alpha value is -1.64. The van der Waals surface area contributed by atoms with Crippen LogP contribution >= 0.6 is 0 Å². The summed E-state index contributed by atoms with van der Waals surface area (Å²) in [6.07, 6.45) is 1.75. The molecular formula is C14H17NO2. The maximum Gasteiger partial charge on any atom is 0.237 e. The molecule has 1 unspecified atom stereocenters. The third kappa shape index (κ3) is 1.97. The molecule has 1 aliphatic rings. The molecular weight excluding hydrogens is 214 g/mol. The Morgan fingerprint density at radius 1 is 1.24 bits per heavy atom. The van der Waals surface area contributed by atoms with Crippen LogP contribution in [0.5, 0.6) is 0 Å². The zero-order valence-electron chi connectivity index (χ0n) is 10.2. The average Bonchev–Trinajstić information content (AvgIpc) is 2.31. The zero-order valence-corrected chi connectivity index (χ0v) is 10.2. The first-order valence-corrected chi connectivity index (χ1v) is 6.00. The Labute approximate surface area is 101 Å². The van der Waals surface area contributed by atoms with E-state index in [1.165, 1.54) is 5.56 Å². The van der Waals surface area contributed by atoms with Crippen LogP contribution in [0, 0.1) is 6.92 Å². The van der Waals surface area contributed by atoms with Crippen LogP contribution < -0.4 is 5.32 Å². The number of imide groups is 1. The van der Waals surface area contributed by atoms with E-state index in [9.17, 15) is 9.59 Å². The number of benzene rings is 1. The SMILES string of the molecule is CCC1(c2ccc(C)cc2)CCC(=O)NC1=O. The molecule has 3 nitrogen and oxygen atoms in total. The van der Waals surface area contributed by atoms with Gasteiger partial charge in [-0.25, -0.2) is 0 Å². The van der Waals surface area contributed by atoms with Gasteiger partial charge < -0.3 is 0 Å². The van der Waals surface area contributed by atoms with Crippen molar-refractivity contribution in [3.63, 3.8) is 0 Å². The van der Waals surface area contributed by atoms with Crippen molar-refractivity contribution >= 4 is 11.8 Å². The van der Waals surface area contributed by atoms with E-state index in [1.807, 2.05) is 38.1 Å². The van der Waals surface area contributed by atoms with Crippen molar-refractivity contribution < 1.29 is 9.59 Å². The normalized spacial score (nSPS) is 24.6. The van der Waals surface area contributed by atoms with Crippen molar-refractivity contribution in [1.82, 2.24) is 5.32 Å². The second-order valence-electron chi connectivity index (χ2n) is 4.68. The minimum absolute atomic E-state index is 0.153. The third-order valence-corrected chi connectivity index (χ3v) is 3.67. The highest BCUT2D eigenvalue weighted by Crippen LogP contribution is 2.35. The molecule has 0 spiro atoms. The number of hydrogen-bond acceptors (Lipinski definition) is 2. The van der Waals surface area contributed by atoms with Crippen LogP contribution in [0.25, 0.3) is 0 Å². The lowest BCUT2D eigenvalue weighted by molar-refractivity contribution is -0.138. The van der Waals surface area contributed by atoms with Crippen LogP contribution in [0.4, 0.5) is 0 Å². The monoisotopic (exact) mass is 231 g/mol. The van der Waals surface area contributed by atoms with E-state index in [0.717, 1.165) is 12.0 Å². The Morgan fingerprint density at radius 2 is 1.88 bits per heavy atom. The van der Waals surface area contributed by atoms with Crippen molar-refractivity contribution in [3.8, 4) is 0 Å². The van der Waals surface area contributed by atoms with Crippen LogP contribution in [0.3, 0.4) is 0 Å². The molecule has 1 atom stereocenters. The van der Waals surface area contributed by atoms with Gasteiger partial charge in [0.25, 0.3) is 0 Å². The first kappa shape index (κ1) is 11.8. The summed E-state index contributed by atoms with van der Waals surface area (Å²) in [4.78, 5) is 23.3. The quantitative estimate of drug-likeness (QED) is 0.792. The first-order valence-electron chi connectivity index (χ1n) is 6.00. The molecule has 1 saturated heterocycles. The zero-order chi connectivity index (χ0) is 12.5. The van der Waals surface area contributed by atoms with Gasteiger partial charge in [0.2, 0.25) is 11.8 Å². The lowest BCUT2D eigenvalue weighted by atomic mass is 9.72. The molecule has 1 aromatic carbocycles. The number of piperidine rings is 1. The molecule has 1 fully saturated rings. The Morgan fingerprint density at radius 3 is 2.41 bits per heavy atom. The van der Waals surface area contributed by atoms with Crippen LogP contribution in [-0.2, 0) is 15.0 Å². The second kappa shape index (κ2) is 4.32. The number of nitrogens with one attached hydrogen (secondary N) is 1. The minimum atomic E-state index is -0.526. The molecule has 1 aliphatic heterocycles. The number of hydrogen-bond donors (Lipinski definition) is 1. The van der Waals surface area contributed by atoms with E-state index < -0.39 is 5.41 Å². The maximum absolute atomic E-state index is 12.1. The average molecular weight is 231 g/mol. The summed E-state index contributed by atoms with van der Waals surface area (Å²) >= 11 is 0. The van der Waals surface area contributed by atoms with Gasteiger partial charge in [-0.15, -0.1) is 0 Å². The molecule has 3 heteroatoms. The Balaban J connectivity index is 2.40. The number of amides is 2. The summed E-state index contributed by atoms with van der Waals surface area (Å²) in [6, 6.07) is 8.01. The topological polar surface area (TPSA) is 46.2 Å². The summed E-state index contributed by atoms with van der Waals surface area (Å²) in [5.74, 6) is -0.314. The number of aryl methyl sites for hydroxylation is 1. The summed E-state index contributed by atoms with van der Waals surface area (Å²) in [7, 11) is 0. The summed E-state index contributed by atoms with van der Waals surface area (Å²) in [5.41, 5.74) is 1.66. The van der Waals surface area contributed by atoms with Crippen LogP contribution in [0.2, 0.25) is 0 Å². The minimum Gasteiger partial charge on any atom is -0.296 e. The molecule has 0 aliphatic carbocycles. The molecule has 0 saturated carbocycles. The molecule has 17 heavy (non-hydrogen) atoms. The van der Waals surface area contributed by atoms with Crippen LogP contribution in [0.15, 0.2) is 24.3 Å². The fraction of sp³-hybridized carbons (Fsp3) is 0.429. The summed E-state index contributed by atoms with van der Waals surface area (Å²) in [5, 5.41) is 2.46. The highest BCUT2D eigenvalue weighted by molar-refractivity contribution is 6.03. The van der Waals surface area contributed by atoms with E-state index in [2.05, 4.69) is 5.32 Å². The summed E-state index contributed by atoms with van der Waals surface area (Å²) in [6.45, 7) is 4.02. The predicted molar refractivity (Wildman–Crippen MR) is 65.5 cm³/mol. The Bertz CT molecular complexity index is 450. The highest BCUT2D eigenvalue weighted by Gasteiger charge is 2.42. The smallest absolute Gasteiger partial charge is 0.237 e. The molecule has 1 heterocycles. The van der Waals surface area contributed by atoms with Gasteiger partial charge in [0.1, 0.15) is 0 Å².